The Morgan fingerprint density at radius 1 is 1.25 bits per heavy atom. The first-order chi connectivity index (χ1) is 9.07. The van der Waals surface area contributed by atoms with Gasteiger partial charge in [-0.2, -0.15) is 0 Å². The maximum absolute atomic E-state index is 13.7. The van der Waals surface area contributed by atoms with Crippen molar-refractivity contribution in [2.45, 2.75) is 38.8 Å². The van der Waals surface area contributed by atoms with Gasteiger partial charge in [0.15, 0.2) is 0 Å². The number of halogens is 2. The highest BCUT2D eigenvalue weighted by atomic mass is 19.1. The van der Waals surface area contributed by atoms with Gasteiger partial charge in [0.2, 0.25) is 0 Å². The number of benzene rings is 1. The molecule has 6 heteroatoms. The predicted octanol–water partition coefficient (Wildman–Crippen LogP) is 2.90. The molecule has 0 aliphatic heterocycles. The van der Waals surface area contributed by atoms with E-state index in [9.17, 15) is 18.4 Å². The number of carbonyl (C=O) groups is 2. The molecule has 1 aromatic carbocycles. The summed E-state index contributed by atoms with van der Waals surface area (Å²) in [5.74, 6) is -1.69. The van der Waals surface area contributed by atoms with E-state index >= 15 is 0 Å². The van der Waals surface area contributed by atoms with E-state index in [-0.39, 0.29) is 5.56 Å². The Kier molecular flexibility index (Phi) is 4.47. The standard InChI is InChI=1S/C14H17F2NO3/c1-13(2,3)20-12(19)17-14(4,8-18)10-6-5-9(15)7-11(10)16/h5-8H,1-4H3,(H,17,19). The van der Waals surface area contributed by atoms with E-state index in [0.29, 0.717) is 12.4 Å². The SMILES string of the molecule is CC(C)(C)OC(=O)NC(C)(C=O)c1ccc(F)cc1F. The molecule has 1 amide bonds. The molecular weight excluding hydrogens is 268 g/mol. The third-order valence-electron chi connectivity index (χ3n) is 2.49. The van der Waals surface area contributed by atoms with E-state index in [1.807, 2.05) is 0 Å². The molecule has 1 rings (SSSR count). The van der Waals surface area contributed by atoms with Crippen LogP contribution in [0.4, 0.5) is 13.6 Å². The zero-order valence-electron chi connectivity index (χ0n) is 11.8. The first kappa shape index (κ1) is 16.1. The average molecular weight is 285 g/mol. The first-order valence-electron chi connectivity index (χ1n) is 6.00. The van der Waals surface area contributed by atoms with E-state index in [0.717, 1.165) is 12.1 Å². The zero-order valence-corrected chi connectivity index (χ0v) is 11.8. The normalized spacial score (nSPS) is 14.3. The molecule has 1 atom stereocenters. The van der Waals surface area contributed by atoms with E-state index in [4.69, 9.17) is 4.74 Å². The van der Waals surface area contributed by atoms with Crippen molar-refractivity contribution >= 4 is 12.4 Å². The molecule has 0 saturated carbocycles. The maximum Gasteiger partial charge on any atom is 0.408 e. The summed E-state index contributed by atoms with van der Waals surface area (Å²) in [7, 11) is 0. The van der Waals surface area contributed by atoms with Gasteiger partial charge in [0.25, 0.3) is 0 Å². The summed E-state index contributed by atoms with van der Waals surface area (Å²) in [6.07, 6.45) is -0.497. The van der Waals surface area contributed by atoms with Crippen LogP contribution in [-0.2, 0) is 15.1 Å². The third-order valence-corrected chi connectivity index (χ3v) is 2.49. The molecule has 0 aliphatic carbocycles. The lowest BCUT2D eigenvalue weighted by Crippen LogP contribution is -2.47. The number of rotatable bonds is 3. The van der Waals surface area contributed by atoms with Crippen molar-refractivity contribution in [2.24, 2.45) is 0 Å². The van der Waals surface area contributed by atoms with Gasteiger partial charge in [-0.15, -0.1) is 0 Å². The average Bonchev–Trinajstić information content (AvgIpc) is 2.25. The van der Waals surface area contributed by atoms with Crippen molar-refractivity contribution in [1.29, 1.82) is 0 Å². The van der Waals surface area contributed by atoms with Crippen LogP contribution in [0.1, 0.15) is 33.3 Å². The Labute approximate surface area is 116 Å². The summed E-state index contributed by atoms with van der Waals surface area (Å²) >= 11 is 0. The second-order valence-corrected chi connectivity index (χ2v) is 5.57. The van der Waals surface area contributed by atoms with Crippen molar-refractivity contribution < 1.29 is 23.1 Å². The molecule has 0 aromatic heterocycles. The van der Waals surface area contributed by atoms with Gasteiger partial charge in [-0.1, -0.05) is 6.07 Å². The van der Waals surface area contributed by atoms with Crippen molar-refractivity contribution in [3.05, 3.63) is 35.4 Å². The topological polar surface area (TPSA) is 55.4 Å². The smallest absolute Gasteiger partial charge is 0.408 e. The van der Waals surface area contributed by atoms with Crippen molar-refractivity contribution in [3.63, 3.8) is 0 Å². The lowest BCUT2D eigenvalue weighted by Gasteiger charge is -2.28. The molecule has 4 nitrogen and oxygen atoms in total. The molecule has 1 unspecified atom stereocenters. The summed E-state index contributed by atoms with van der Waals surface area (Å²) in [6.45, 7) is 6.27. The molecule has 20 heavy (non-hydrogen) atoms. The minimum absolute atomic E-state index is 0.139. The number of amides is 1. The van der Waals surface area contributed by atoms with Crippen LogP contribution >= 0.6 is 0 Å². The molecule has 0 fully saturated rings. The van der Waals surface area contributed by atoms with Crippen LogP contribution < -0.4 is 5.32 Å². The molecule has 0 saturated heterocycles. The number of carbonyl (C=O) groups excluding carboxylic acids is 2. The Bertz CT molecular complexity index is 526. The van der Waals surface area contributed by atoms with E-state index in [1.54, 1.807) is 20.8 Å². The Balaban J connectivity index is 3.03. The molecule has 110 valence electrons. The minimum Gasteiger partial charge on any atom is -0.444 e. The fraction of sp³-hybridized carbons (Fsp3) is 0.429. The fourth-order valence-electron chi connectivity index (χ4n) is 1.59. The zero-order chi connectivity index (χ0) is 15.6. The fourth-order valence-corrected chi connectivity index (χ4v) is 1.59. The highest BCUT2D eigenvalue weighted by Gasteiger charge is 2.33. The van der Waals surface area contributed by atoms with Gasteiger partial charge in [-0.25, -0.2) is 13.6 Å². The van der Waals surface area contributed by atoms with E-state index in [1.165, 1.54) is 6.92 Å². The summed E-state index contributed by atoms with van der Waals surface area (Å²) in [5.41, 5.74) is -2.53. The highest BCUT2D eigenvalue weighted by molar-refractivity contribution is 5.78. The second kappa shape index (κ2) is 5.56. The number of hydrogen-bond donors (Lipinski definition) is 1. The molecule has 0 bridgehead atoms. The summed E-state index contributed by atoms with van der Waals surface area (Å²) in [5, 5.41) is 2.28. The predicted molar refractivity (Wildman–Crippen MR) is 69.1 cm³/mol. The molecular formula is C14H17F2NO3. The minimum atomic E-state index is -1.64. The lowest BCUT2D eigenvalue weighted by molar-refractivity contribution is -0.113. The van der Waals surface area contributed by atoms with Gasteiger partial charge >= 0.3 is 6.09 Å². The van der Waals surface area contributed by atoms with Gasteiger partial charge in [-0.05, 0) is 33.8 Å². The Hall–Kier alpha value is -1.98. The van der Waals surface area contributed by atoms with Crippen LogP contribution in [0.15, 0.2) is 18.2 Å². The molecule has 0 spiro atoms. The van der Waals surface area contributed by atoms with Crippen LogP contribution in [0.2, 0.25) is 0 Å². The number of nitrogens with one attached hydrogen (secondary N) is 1. The van der Waals surface area contributed by atoms with Gasteiger partial charge in [0, 0.05) is 11.6 Å². The van der Waals surface area contributed by atoms with E-state index in [2.05, 4.69) is 5.32 Å². The van der Waals surface area contributed by atoms with Gasteiger partial charge < -0.3 is 14.8 Å². The Morgan fingerprint density at radius 3 is 2.30 bits per heavy atom. The second-order valence-electron chi connectivity index (χ2n) is 5.57. The Morgan fingerprint density at radius 2 is 1.85 bits per heavy atom. The van der Waals surface area contributed by atoms with Gasteiger partial charge in [0.05, 0.1) is 0 Å². The van der Waals surface area contributed by atoms with E-state index < -0.39 is 28.9 Å². The van der Waals surface area contributed by atoms with Crippen LogP contribution in [0.5, 0.6) is 0 Å². The van der Waals surface area contributed by atoms with Crippen molar-refractivity contribution in [1.82, 2.24) is 5.32 Å². The molecule has 0 heterocycles. The molecule has 1 aromatic rings. The summed E-state index contributed by atoms with van der Waals surface area (Å²) in [6, 6.07) is 2.77. The quantitative estimate of drug-likeness (QED) is 0.869. The lowest BCUT2D eigenvalue weighted by atomic mass is 9.93. The molecule has 0 radical (unpaired) electrons. The largest absolute Gasteiger partial charge is 0.444 e. The monoisotopic (exact) mass is 285 g/mol. The maximum atomic E-state index is 13.7. The van der Waals surface area contributed by atoms with Gasteiger partial charge in [-0.3, -0.25) is 0 Å². The van der Waals surface area contributed by atoms with Crippen LogP contribution in [0.25, 0.3) is 0 Å². The number of alkyl carbamates (subject to hydrolysis) is 1. The van der Waals surface area contributed by atoms with Crippen LogP contribution in [0.3, 0.4) is 0 Å². The highest BCUT2D eigenvalue weighted by Crippen LogP contribution is 2.23. The summed E-state index contributed by atoms with van der Waals surface area (Å²) in [4.78, 5) is 22.9. The molecule has 1 N–H and O–H groups in total. The van der Waals surface area contributed by atoms with Crippen LogP contribution in [0, 0.1) is 11.6 Å². The first-order valence-corrected chi connectivity index (χ1v) is 6.00. The van der Waals surface area contributed by atoms with Gasteiger partial charge in [0.1, 0.15) is 29.1 Å². The van der Waals surface area contributed by atoms with Crippen molar-refractivity contribution in [3.8, 4) is 0 Å². The van der Waals surface area contributed by atoms with Crippen LogP contribution in [-0.4, -0.2) is 18.0 Å². The molecule has 0 aliphatic rings. The number of ether oxygens (including phenoxy) is 1. The summed E-state index contributed by atoms with van der Waals surface area (Å²) < 4.78 is 31.6. The third kappa shape index (κ3) is 4.01. The number of hydrogen-bond acceptors (Lipinski definition) is 3. The number of aldehydes is 1. The van der Waals surface area contributed by atoms with Crippen molar-refractivity contribution in [2.75, 3.05) is 0 Å².